The molecule has 11 heteroatoms. The number of nitrogens with one attached hydrogen (secondary N) is 1. The van der Waals surface area contributed by atoms with Gasteiger partial charge in [0.15, 0.2) is 0 Å². The van der Waals surface area contributed by atoms with Gasteiger partial charge in [-0.25, -0.2) is 9.46 Å². The summed E-state index contributed by atoms with van der Waals surface area (Å²) in [4.78, 5) is 14.1. The lowest BCUT2D eigenvalue weighted by Gasteiger charge is -2.40. The van der Waals surface area contributed by atoms with Crippen LogP contribution in [0.3, 0.4) is 0 Å². The number of fused-ring (bicyclic) bond motifs is 3. The van der Waals surface area contributed by atoms with Crippen molar-refractivity contribution in [1.29, 1.82) is 5.26 Å². The van der Waals surface area contributed by atoms with Crippen molar-refractivity contribution in [3.63, 3.8) is 0 Å². The summed E-state index contributed by atoms with van der Waals surface area (Å²) in [6.45, 7) is 10.6. The van der Waals surface area contributed by atoms with E-state index in [-0.39, 0.29) is 44.2 Å². The predicted octanol–water partition coefficient (Wildman–Crippen LogP) is 10.6. The van der Waals surface area contributed by atoms with E-state index in [1.54, 1.807) is 14.2 Å². The van der Waals surface area contributed by atoms with Crippen LogP contribution in [0.1, 0.15) is 74.8 Å². The number of alkyl carbamates (subject to hydrolysis) is 1. The van der Waals surface area contributed by atoms with Crippen molar-refractivity contribution >= 4 is 14.6 Å². The van der Waals surface area contributed by atoms with E-state index in [4.69, 9.17) is 28.0 Å². The summed E-state index contributed by atoms with van der Waals surface area (Å²) in [5, 5.41) is 12.5. The summed E-state index contributed by atoms with van der Waals surface area (Å²) in [6.07, 6.45) is -1.02. The molecule has 0 fully saturated rings. The van der Waals surface area contributed by atoms with Crippen LogP contribution in [0.5, 0.6) is 11.5 Å². The smallest absolute Gasteiger partial charge is 0.407 e. The van der Waals surface area contributed by atoms with E-state index in [1.807, 2.05) is 110 Å². The third-order valence-corrected chi connectivity index (χ3v) is 13.0. The monoisotopic (exact) mass is 829 g/mol. The lowest BCUT2D eigenvalue weighted by molar-refractivity contribution is -0.0191. The zero-order valence-electron chi connectivity index (χ0n) is 35.5. The number of benzene rings is 5. The Labute approximate surface area is 356 Å². The number of rotatable bonds is 20. The van der Waals surface area contributed by atoms with Crippen LogP contribution in [0.2, 0.25) is 0 Å². The Morgan fingerprint density at radius 2 is 1.23 bits per heavy atom. The molecule has 1 unspecified atom stereocenters. The SMILES string of the molecule is COc1ccc(C(OC[C@H](NC(=O)OCC2c3ccccc3-c3ccccc32)[C@@H](C)OP(OCCC#N)N(C(C)C)C(C)C)(c2ccccc2)c2ccc(OC)cc2)cc1. The third kappa shape index (κ3) is 10.0. The predicted molar refractivity (Wildman–Crippen MR) is 236 cm³/mol. The number of methoxy groups -OCH3 is 2. The fourth-order valence-corrected chi connectivity index (χ4v) is 9.62. The molecule has 6 rings (SSSR count). The van der Waals surface area contributed by atoms with Gasteiger partial charge in [-0.3, -0.25) is 0 Å². The normalized spacial score (nSPS) is 13.9. The Kier molecular flexibility index (Phi) is 15.4. The molecule has 0 saturated heterocycles. The lowest BCUT2D eigenvalue weighted by atomic mass is 9.80. The highest BCUT2D eigenvalue weighted by molar-refractivity contribution is 7.44. The van der Waals surface area contributed by atoms with Crippen LogP contribution in [0, 0.1) is 11.3 Å². The number of nitriles is 1. The Balaban J connectivity index is 1.36. The van der Waals surface area contributed by atoms with Crippen molar-refractivity contribution in [3.8, 4) is 28.7 Å². The van der Waals surface area contributed by atoms with E-state index in [9.17, 15) is 10.1 Å². The van der Waals surface area contributed by atoms with Crippen LogP contribution in [-0.4, -0.2) is 69.0 Å². The van der Waals surface area contributed by atoms with Gasteiger partial charge in [0.05, 0.1) is 52.1 Å². The van der Waals surface area contributed by atoms with Gasteiger partial charge in [0.2, 0.25) is 0 Å². The molecule has 10 nitrogen and oxygen atoms in total. The molecule has 1 aliphatic carbocycles. The standard InChI is InChI=1S/C49H56N3O7P/c1-34(2)52(35(3)4)60(58-31-15-30-50)59-36(5)47(51-48(53)56-32-46-44-20-13-11-18-42(44)43-19-12-14-21-45(43)46)33-57-49(37-16-9-8-10-17-37,38-22-26-40(54-6)27-23-38)39-24-28-41(55-7)29-25-39/h8-14,16-29,34-36,46-47H,15,31-33H2,1-7H3,(H,51,53)/t36-,47+,60?/m1/s1. The largest absolute Gasteiger partial charge is 0.497 e. The van der Waals surface area contributed by atoms with Gasteiger partial charge in [0.1, 0.15) is 23.7 Å². The van der Waals surface area contributed by atoms with Crippen molar-refractivity contribution in [2.75, 3.05) is 34.0 Å². The Morgan fingerprint density at radius 3 is 1.73 bits per heavy atom. The summed E-state index contributed by atoms with van der Waals surface area (Å²) in [6, 6.07) is 43.7. The molecule has 5 aromatic rings. The molecule has 0 aromatic heterocycles. The number of carbonyl (C=O) groups is 1. The van der Waals surface area contributed by atoms with Crippen LogP contribution in [0.4, 0.5) is 4.79 Å². The Bertz CT molecular complexity index is 2080. The van der Waals surface area contributed by atoms with E-state index < -0.39 is 32.4 Å². The van der Waals surface area contributed by atoms with Gasteiger partial charge < -0.3 is 33.3 Å². The molecule has 3 atom stereocenters. The van der Waals surface area contributed by atoms with Gasteiger partial charge in [0, 0.05) is 18.0 Å². The Hall–Kier alpha value is -5.27. The highest BCUT2D eigenvalue weighted by Gasteiger charge is 2.40. The minimum Gasteiger partial charge on any atom is -0.497 e. The molecule has 314 valence electrons. The summed E-state index contributed by atoms with van der Waals surface area (Å²) < 4.78 is 39.8. The maximum Gasteiger partial charge on any atom is 0.407 e. The Morgan fingerprint density at radius 1 is 0.733 bits per heavy atom. The average Bonchev–Trinajstić information content (AvgIpc) is 3.59. The maximum atomic E-state index is 14.1. The molecular weight excluding hydrogens is 774 g/mol. The van der Waals surface area contributed by atoms with Gasteiger partial charge in [-0.2, -0.15) is 5.26 Å². The lowest BCUT2D eigenvalue weighted by Crippen LogP contribution is -2.49. The van der Waals surface area contributed by atoms with Crippen LogP contribution < -0.4 is 14.8 Å². The molecular formula is C49H56N3O7P. The van der Waals surface area contributed by atoms with Crippen LogP contribution >= 0.6 is 8.53 Å². The highest BCUT2D eigenvalue weighted by atomic mass is 31.2. The van der Waals surface area contributed by atoms with Gasteiger partial charge >= 0.3 is 6.09 Å². The molecule has 0 aliphatic heterocycles. The minimum absolute atomic E-state index is 0.00302. The van der Waals surface area contributed by atoms with Crippen molar-refractivity contribution in [3.05, 3.63) is 155 Å². The maximum absolute atomic E-state index is 14.1. The molecule has 1 aliphatic rings. The van der Waals surface area contributed by atoms with E-state index in [0.717, 1.165) is 38.9 Å². The summed E-state index contributed by atoms with van der Waals surface area (Å²) in [7, 11) is 1.62. The molecule has 5 aromatic carbocycles. The van der Waals surface area contributed by atoms with E-state index in [0.29, 0.717) is 11.5 Å². The molecule has 60 heavy (non-hydrogen) atoms. The topological polar surface area (TPSA) is 112 Å². The van der Waals surface area contributed by atoms with Crippen LogP contribution in [0.25, 0.3) is 11.1 Å². The second-order valence-corrected chi connectivity index (χ2v) is 16.7. The summed E-state index contributed by atoms with van der Waals surface area (Å²) in [5.41, 5.74) is 5.96. The van der Waals surface area contributed by atoms with Crippen molar-refractivity contribution in [2.24, 2.45) is 0 Å². The average molecular weight is 830 g/mol. The van der Waals surface area contributed by atoms with E-state index in [2.05, 4.69) is 68.0 Å². The highest BCUT2D eigenvalue weighted by Crippen LogP contribution is 2.48. The van der Waals surface area contributed by atoms with Crippen molar-refractivity contribution < 1.29 is 32.8 Å². The number of carbonyl (C=O) groups excluding carboxylic acids is 1. The van der Waals surface area contributed by atoms with Crippen molar-refractivity contribution in [2.45, 2.75) is 76.8 Å². The van der Waals surface area contributed by atoms with Crippen LogP contribution in [-0.2, 0) is 24.1 Å². The number of ether oxygens (including phenoxy) is 4. The first-order valence-electron chi connectivity index (χ1n) is 20.5. The van der Waals surface area contributed by atoms with Crippen LogP contribution in [0.15, 0.2) is 127 Å². The number of amides is 1. The minimum atomic E-state index is -1.66. The van der Waals surface area contributed by atoms with Gasteiger partial charge in [-0.1, -0.05) is 103 Å². The molecule has 1 amide bonds. The quantitative estimate of drug-likeness (QED) is 0.0465. The molecule has 0 radical (unpaired) electrons. The first-order valence-corrected chi connectivity index (χ1v) is 21.6. The van der Waals surface area contributed by atoms with Crippen molar-refractivity contribution in [1.82, 2.24) is 9.99 Å². The summed E-state index contributed by atoms with van der Waals surface area (Å²) in [5.74, 6) is 1.29. The molecule has 0 spiro atoms. The molecule has 1 N–H and O–H groups in total. The van der Waals surface area contributed by atoms with Gasteiger partial charge in [-0.15, -0.1) is 0 Å². The summed E-state index contributed by atoms with van der Waals surface area (Å²) >= 11 is 0. The molecule has 0 heterocycles. The first kappa shape index (κ1) is 44.3. The number of hydrogen-bond acceptors (Lipinski definition) is 9. The van der Waals surface area contributed by atoms with E-state index in [1.165, 1.54) is 0 Å². The fourth-order valence-electron chi connectivity index (χ4n) is 7.89. The fraction of sp³-hybridized carbons (Fsp3) is 0.347. The number of hydrogen-bond donors (Lipinski definition) is 1. The van der Waals surface area contributed by atoms with Gasteiger partial charge in [0.25, 0.3) is 8.53 Å². The molecule has 0 bridgehead atoms. The second-order valence-electron chi connectivity index (χ2n) is 15.2. The van der Waals surface area contributed by atoms with Gasteiger partial charge in [-0.05, 0) is 97.8 Å². The third-order valence-electron chi connectivity index (χ3n) is 10.8. The second kappa shape index (κ2) is 20.8. The zero-order chi connectivity index (χ0) is 42.6. The van der Waals surface area contributed by atoms with E-state index >= 15 is 0 Å². The number of nitrogens with zero attached hydrogens (tertiary/aromatic N) is 2. The first-order chi connectivity index (χ1) is 29.1. The zero-order valence-corrected chi connectivity index (χ0v) is 36.4. The molecule has 0 saturated carbocycles.